The van der Waals surface area contributed by atoms with E-state index in [-0.39, 0.29) is 35.4 Å². The lowest BCUT2D eigenvalue weighted by molar-refractivity contribution is -0.148. The third-order valence-electron chi connectivity index (χ3n) is 10.7. The summed E-state index contributed by atoms with van der Waals surface area (Å²) in [5, 5.41) is 3.36. The van der Waals surface area contributed by atoms with Gasteiger partial charge < -0.3 is 34.5 Å². The van der Waals surface area contributed by atoms with Crippen molar-refractivity contribution in [3.05, 3.63) is 58.7 Å². The van der Waals surface area contributed by atoms with E-state index in [4.69, 9.17) is 4.74 Å². The molecule has 3 N–H and O–H groups in total. The number of likely N-dealkylation sites (tertiary alicyclic amines) is 1. The molecule has 8 rings (SSSR count). The Balaban J connectivity index is 0.933. The standard InChI is InChI=1S/C33H37FN5O7PS/c34-30(47(43,44)45)18-4-7-28-19(10-18)11-29(48-28)31(40)36-25-3-1-2-21-5-6-27(39(21)32(25)41)33(42)37-14-20(15-37)24-13-35-9-8-26(24)38-16-23-12-22(38)17-46-23/h4,7-11,13,20-23,25,27,30H,1-3,5-6,12,14-17H2,(H,36,40)(H2,43,44,45)/t21-,22+,23+,25-,27-,30?/m0/s1. The number of hydrogen-bond acceptors (Lipinski definition) is 8. The maximum atomic E-state index is 14.3. The number of amides is 3. The molecule has 7 heterocycles. The lowest BCUT2D eigenvalue weighted by Gasteiger charge is -2.44. The second-order valence-corrected chi connectivity index (χ2v) is 16.4. The third kappa shape index (κ3) is 5.61. The highest BCUT2D eigenvalue weighted by Crippen LogP contribution is 2.53. The minimum atomic E-state index is -4.98. The Morgan fingerprint density at radius 1 is 1.08 bits per heavy atom. The van der Waals surface area contributed by atoms with E-state index in [9.17, 15) is 33.1 Å². The Labute approximate surface area is 280 Å². The Bertz CT molecular complexity index is 1830. The molecule has 15 heteroatoms. The molecule has 48 heavy (non-hydrogen) atoms. The first-order chi connectivity index (χ1) is 23.0. The van der Waals surface area contributed by atoms with E-state index >= 15 is 0 Å². The number of hydrogen-bond donors (Lipinski definition) is 3. The number of ether oxygens (including phenoxy) is 1. The zero-order valence-corrected chi connectivity index (χ0v) is 27.8. The van der Waals surface area contributed by atoms with E-state index < -0.39 is 31.5 Å². The van der Waals surface area contributed by atoms with Gasteiger partial charge in [-0.05, 0) is 73.7 Å². The molecular formula is C33H37FN5O7PS. The third-order valence-corrected chi connectivity index (χ3v) is 12.7. The number of carbonyl (C=O) groups is 3. The van der Waals surface area contributed by atoms with Crippen LogP contribution in [0.25, 0.3) is 10.1 Å². The van der Waals surface area contributed by atoms with E-state index in [1.807, 2.05) is 17.3 Å². The summed E-state index contributed by atoms with van der Waals surface area (Å²) in [6.07, 6.45) is 8.34. The number of benzene rings is 1. The number of rotatable bonds is 7. The van der Waals surface area contributed by atoms with Crippen molar-refractivity contribution in [2.45, 2.75) is 80.6 Å². The average Bonchev–Trinajstić information content (AvgIpc) is 3.85. The number of morpholine rings is 1. The van der Waals surface area contributed by atoms with Gasteiger partial charge in [0, 0.05) is 59.9 Å². The van der Waals surface area contributed by atoms with E-state index in [1.165, 1.54) is 30.0 Å². The molecule has 2 bridgehead atoms. The number of anilines is 1. The summed E-state index contributed by atoms with van der Waals surface area (Å²) in [5.41, 5.74) is 2.15. The van der Waals surface area contributed by atoms with Gasteiger partial charge in [0.1, 0.15) is 12.1 Å². The second kappa shape index (κ2) is 12.2. The highest BCUT2D eigenvalue weighted by Gasteiger charge is 2.48. The van der Waals surface area contributed by atoms with Crippen molar-refractivity contribution >= 4 is 52.4 Å². The molecule has 5 fully saturated rings. The summed E-state index contributed by atoms with van der Waals surface area (Å²) in [7, 11) is -4.98. The van der Waals surface area contributed by atoms with Crippen molar-refractivity contribution in [1.82, 2.24) is 20.1 Å². The van der Waals surface area contributed by atoms with Crippen LogP contribution in [0.5, 0.6) is 0 Å². The number of fused-ring (bicyclic) bond motifs is 4. The number of thiophene rings is 1. The molecule has 2 aromatic heterocycles. The molecule has 3 aromatic rings. The average molecular weight is 698 g/mol. The fourth-order valence-electron chi connectivity index (χ4n) is 8.22. The van der Waals surface area contributed by atoms with E-state index in [0.717, 1.165) is 55.7 Å². The number of nitrogens with zero attached hydrogens (tertiary/aromatic N) is 4. The monoisotopic (exact) mass is 697 g/mol. The van der Waals surface area contributed by atoms with Crippen LogP contribution in [0.2, 0.25) is 0 Å². The van der Waals surface area contributed by atoms with Crippen LogP contribution in [0.3, 0.4) is 0 Å². The largest absolute Gasteiger partial charge is 0.374 e. The summed E-state index contributed by atoms with van der Waals surface area (Å²) < 4.78 is 32.1. The summed E-state index contributed by atoms with van der Waals surface area (Å²) in [6, 6.07) is 6.73. The highest BCUT2D eigenvalue weighted by molar-refractivity contribution is 7.51. The van der Waals surface area contributed by atoms with Crippen LogP contribution < -0.4 is 10.2 Å². The van der Waals surface area contributed by atoms with Crippen molar-refractivity contribution in [1.29, 1.82) is 0 Å². The van der Waals surface area contributed by atoms with Gasteiger partial charge in [-0.15, -0.1) is 11.3 Å². The molecule has 12 nitrogen and oxygen atoms in total. The number of nitrogens with one attached hydrogen (secondary N) is 1. The van der Waals surface area contributed by atoms with Crippen LogP contribution in [0, 0.1) is 0 Å². The van der Waals surface area contributed by atoms with Gasteiger partial charge in [-0.2, -0.15) is 0 Å². The van der Waals surface area contributed by atoms with Gasteiger partial charge in [-0.25, -0.2) is 4.39 Å². The van der Waals surface area contributed by atoms with Crippen LogP contribution >= 0.6 is 18.9 Å². The molecule has 0 radical (unpaired) electrons. The summed E-state index contributed by atoms with van der Waals surface area (Å²) in [4.78, 5) is 70.4. The number of carbonyl (C=O) groups excluding carboxylic acids is 3. The summed E-state index contributed by atoms with van der Waals surface area (Å²) in [6.45, 7) is 2.76. The maximum absolute atomic E-state index is 14.3. The van der Waals surface area contributed by atoms with Crippen LogP contribution in [0.4, 0.5) is 10.1 Å². The smallest absolute Gasteiger partial charge is 0.363 e. The topological polar surface area (TPSA) is 153 Å². The maximum Gasteiger partial charge on any atom is 0.363 e. The fourth-order valence-corrected chi connectivity index (χ4v) is 9.71. The molecule has 0 saturated carbocycles. The molecule has 3 amide bonds. The predicted octanol–water partition coefficient (Wildman–Crippen LogP) is 3.69. The molecule has 5 aliphatic heterocycles. The minimum Gasteiger partial charge on any atom is -0.374 e. The van der Waals surface area contributed by atoms with Gasteiger partial charge in [0.15, 0.2) is 0 Å². The second-order valence-electron chi connectivity index (χ2n) is 13.7. The Kier molecular flexibility index (Phi) is 8.07. The molecule has 1 aromatic carbocycles. The zero-order valence-electron chi connectivity index (χ0n) is 26.1. The van der Waals surface area contributed by atoms with Crippen molar-refractivity contribution in [3.8, 4) is 0 Å². The quantitative estimate of drug-likeness (QED) is 0.314. The summed E-state index contributed by atoms with van der Waals surface area (Å²) >= 11 is 1.15. The molecule has 0 spiro atoms. The number of alkyl halides is 1. The van der Waals surface area contributed by atoms with E-state index in [0.29, 0.717) is 46.9 Å². The fraction of sp³-hybridized carbons (Fsp3) is 0.515. The highest BCUT2D eigenvalue weighted by atomic mass is 32.1. The van der Waals surface area contributed by atoms with Gasteiger partial charge in [-0.1, -0.05) is 6.07 Å². The van der Waals surface area contributed by atoms with Gasteiger partial charge >= 0.3 is 7.60 Å². The first-order valence-electron chi connectivity index (χ1n) is 16.5. The van der Waals surface area contributed by atoms with Crippen LogP contribution in [0.1, 0.15) is 71.2 Å². The SMILES string of the molecule is O=C(N[C@H]1CCC[C@H]2CC[C@@H](C(=O)N3CC(c4cnccc4N4C[C@H]5C[C@@H]4CO5)C3)N2C1=O)c1cc2cc(C(F)P(=O)(O)O)ccc2s1. The minimum absolute atomic E-state index is 0.0464. The van der Waals surface area contributed by atoms with Gasteiger partial charge in [0.25, 0.3) is 5.91 Å². The van der Waals surface area contributed by atoms with Gasteiger partial charge in [0.05, 0.1) is 23.6 Å². The Morgan fingerprint density at radius 2 is 1.92 bits per heavy atom. The summed E-state index contributed by atoms with van der Waals surface area (Å²) in [5.74, 6) is -3.03. The first-order valence-corrected chi connectivity index (χ1v) is 19.0. The van der Waals surface area contributed by atoms with Crippen molar-refractivity contribution in [2.24, 2.45) is 0 Å². The lowest BCUT2D eigenvalue weighted by atomic mass is 9.90. The van der Waals surface area contributed by atoms with Crippen LogP contribution in [-0.4, -0.2) is 98.8 Å². The van der Waals surface area contributed by atoms with E-state index in [1.54, 1.807) is 4.90 Å². The first kappa shape index (κ1) is 31.8. The molecule has 1 unspecified atom stereocenters. The van der Waals surface area contributed by atoms with E-state index in [2.05, 4.69) is 21.3 Å². The van der Waals surface area contributed by atoms with Crippen molar-refractivity contribution in [2.75, 3.05) is 31.1 Å². The predicted molar refractivity (Wildman–Crippen MR) is 176 cm³/mol. The molecule has 6 atom stereocenters. The molecule has 5 saturated heterocycles. The van der Waals surface area contributed by atoms with Crippen LogP contribution in [-0.2, 0) is 18.9 Å². The van der Waals surface area contributed by atoms with Crippen molar-refractivity contribution < 1.29 is 37.9 Å². The molecule has 254 valence electrons. The van der Waals surface area contributed by atoms with Gasteiger partial charge in [-0.3, -0.25) is 23.9 Å². The number of halogens is 1. The van der Waals surface area contributed by atoms with Crippen LogP contribution in [0.15, 0.2) is 42.7 Å². The number of pyridine rings is 1. The molecular weight excluding hydrogens is 660 g/mol. The zero-order chi connectivity index (χ0) is 33.3. The normalized spacial score (nSPS) is 28.0. The van der Waals surface area contributed by atoms with Gasteiger partial charge in [0.2, 0.25) is 17.7 Å². The Morgan fingerprint density at radius 3 is 2.67 bits per heavy atom. The Hall–Kier alpha value is -3.42. The lowest BCUT2D eigenvalue weighted by Crippen LogP contribution is -2.58. The molecule has 5 aliphatic rings. The number of aromatic nitrogens is 1. The van der Waals surface area contributed by atoms with Crippen molar-refractivity contribution in [3.63, 3.8) is 0 Å². The molecule has 0 aliphatic carbocycles.